The van der Waals surface area contributed by atoms with Crippen molar-refractivity contribution in [2.45, 2.75) is 25.1 Å². The zero-order valence-corrected chi connectivity index (χ0v) is 13.5. The Morgan fingerprint density at radius 2 is 2.00 bits per heavy atom. The molecule has 19 heavy (non-hydrogen) atoms. The van der Waals surface area contributed by atoms with Crippen LogP contribution in [0.25, 0.3) is 0 Å². The van der Waals surface area contributed by atoms with Crippen LogP contribution in [-0.2, 0) is 0 Å². The molecule has 4 nitrogen and oxygen atoms in total. The molecule has 0 fully saturated rings. The van der Waals surface area contributed by atoms with Gasteiger partial charge in [-0.25, -0.2) is 4.98 Å². The highest BCUT2D eigenvalue weighted by Gasteiger charge is 2.17. The van der Waals surface area contributed by atoms with E-state index < -0.39 is 0 Å². The Kier molecular flexibility index (Phi) is 7.07. The molecule has 0 saturated heterocycles. The van der Waals surface area contributed by atoms with Gasteiger partial charge in [0.05, 0.1) is 16.7 Å². The quantitative estimate of drug-likeness (QED) is 0.718. The van der Waals surface area contributed by atoms with E-state index in [1.807, 2.05) is 20.1 Å². The number of aliphatic hydroxyl groups excluding tert-OH is 1. The van der Waals surface area contributed by atoms with Crippen LogP contribution in [0.5, 0.6) is 0 Å². The molecule has 0 radical (unpaired) electrons. The first-order valence-corrected chi connectivity index (χ1v) is 8.07. The molecular formula is C12H19Cl2N3OS. The van der Waals surface area contributed by atoms with Crippen LogP contribution in [0.3, 0.4) is 0 Å². The van der Waals surface area contributed by atoms with Crippen LogP contribution in [-0.4, -0.2) is 40.8 Å². The van der Waals surface area contributed by atoms with Gasteiger partial charge in [0.15, 0.2) is 0 Å². The van der Waals surface area contributed by atoms with Crippen LogP contribution in [0.2, 0.25) is 10.0 Å². The van der Waals surface area contributed by atoms with Gasteiger partial charge in [0, 0.05) is 17.8 Å². The second-order valence-electron chi connectivity index (χ2n) is 4.07. The predicted molar refractivity (Wildman–Crippen MR) is 85.9 cm³/mol. The van der Waals surface area contributed by atoms with Gasteiger partial charge in [-0.1, -0.05) is 23.2 Å². The van der Waals surface area contributed by atoms with Gasteiger partial charge < -0.3 is 15.7 Å². The van der Waals surface area contributed by atoms with Crippen molar-refractivity contribution in [3.8, 4) is 0 Å². The lowest BCUT2D eigenvalue weighted by atomic mass is 10.2. The van der Waals surface area contributed by atoms with Crippen LogP contribution in [0.15, 0.2) is 6.07 Å². The summed E-state index contributed by atoms with van der Waals surface area (Å²) in [6, 6.07) is 1.71. The fraction of sp³-hybridized carbons (Fsp3) is 0.583. The highest BCUT2D eigenvalue weighted by molar-refractivity contribution is 7.99. The molecule has 0 aliphatic carbocycles. The first kappa shape index (κ1) is 16.7. The maximum absolute atomic E-state index is 9.28. The molecule has 0 bridgehead atoms. The van der Waals surface area contributed by atoms with E-state index in [9.17, 15) is 5.11 Å². The summed E-state index contributed by atoms with van der Waals surface area (Å²) >= 11 is 13.8. The molecule has 1 aromatic heterocycles. The molecule has 1 rings (SSSR count). The van der Waals surface area contributed by atoms with Gasteiger partial charge in [-0.15, -0.1) is 0 Å². The minimum Gasteiger partial charge on any atom is -0.395 e. The van der Waals surface area contributed by atoms with Gasteiger partial charge in [-0.05, 0) is 26.2 Å². The summed E-state index contributed by atoms with van der Waals surface area (Å²) in [5.41, 5.74) is 0. The normalized spacial score (nSPS) is 14.0. The molecule has 0 aliphatic rings. The average molecular weight is 324 g/mol. The van der Waals surface area contributed by atoms with Crippen molar-refractivity contribution in [1.82, 2.24) is 4.98 Å². The number of thioether (sulfide) groups is 1. The molecule has 3 N–H and O–H groups in total. The van der Waals surface area contributed by atoms with Crippen molar-refractivity contribution < 1.29 is 5.11 Å². The fourth-order valence-electron chi connectivity index (χ4n) is 1.60. The largest absolute Gasteiger partial charge is 0.395 e. The molecule has 2 atom stereocenters. The average Bonchev–Trinajstić information content (AvgIpc) is 2.37. The third kappa shape index (κ3) is 4.60. The number of anilines is 2. The van der Waals surface area contributed by atoms with Crippen LogP contribution < -0.4 is 10.6 Å². The van der Waals surface area contributed by atoms with Gasteiger partial charge in [-0.2, -0.15) is 11.8 Å². The highest BCUT2D eigenvalue weighted by Crippen LogP contribution is 2.30. The van der Waals surface area contributed by atoms with E-state index in [1.165, 1.54) is 0 Å². The van der Waals surface area contributed by atoms with E-state index in [1.54, 1.807) is 17.8 Å². The first-order chi connectivity index (χ1) is 9.03. The molecule has 0 saturated carbocycles. The van der Waals surface area contributed by atoms with E-state index in [0.717, 1.165) is 6.54 Å². The molecule has 1 aromatic rings. The fourth-order valence-corrected chi connectivity index (χ4v) is 2.71. The molecule has 0 amide bonds. The van der Waals surface area contributed by atoms with Gasteiger partial charge in [-0.3, -0.25) is 0 Å². The topological polar surface area (TPSA) is 57.2 Å². The van der Waals surface area contributed by atoms with Crippen molar-refractivity contribution in [3.63, 3.8) is 0 Å². The lowest BCUT2D eigenvalue weighted by Gasteiger charge is -2.22. The predicted octanol–water partition coefficient (Wildman–Crippen LogP) is 3.34. The van der Waals surface area contributed by atoms with Crippen molar-refractivity contribution >= 4 is 46.6 Å². The van der Waals surface area contributed by atoms with Gasteiger partial charge >= 0.3 is 0 Å². The number of halogens is 2. The van der Waals surface area contributed by atoms with Crippen LogP contribution in [0.4, 0.5) is 11.6 Å². The Labute approximate surface area is 128 Å². The number of aliphatic hydroxyl groups is 1. The zero-order valence-electron chi connectivity index (χ0n) is 11.2. The highest BCUT2D eigenvalue weighted by atomic mass is 35.5. The van der Waals surface area contributed by atoms with Crippen LogP contribution in [0.1, 0.15) is 13.8 Å². The summed E-state index contributed by atoms with van der Waals surface area (Å²) in [5, 5.41) is 16.6. The second kappa shape index (κ2) is 8.04. The standard InChI is InChI=1S/C12H19Cl2N3OS/c1-4-15-11-8(13)5-9(14)12(17-11)16-7(2)10(6-18)19-3/h5,7,10,18H,4,6H2,1-3H3,(H2,15,16,17). The van der Waals surface area contributed by atoms with Crippen LogP contribution in [0, 0.1) is 0 Å². The first-order valence-electron chi connectivity index (χ1n) is 6.03. The Balaban J connectivity index is 2.90. The monoisotopic (exact) mass is 323 g/mol. The van der Waals surface area contributed by atoms with Crippen molar-refractivity contribution in [1.29, 1.82) is 0 Å². The summed E-state index contributed by atoms with van der Waals surface area (Å²) in [6.45, 7) is 4.78. The van der Waals surface area contributed by atoms with E-state index in [0.29, 0.717) is 21.7 Å². The maximum Gasteiger partial charge on any atom is 0.147 e. The van der Waals surface area contributed by atoms with Crippen LogP contribution >= 0.6 is 35.0 Å². The number of pyridine rings is 1. The SMILES string of the molecule is CCNc1nc(NC(C)C(CO)SC)c(Cl)cc1Cl. The number of rotatable bonds is 7. The lowest BCUT2D eigenvalue weighted by Crippen LogP contribution is -2.31. The minimum atomic E-state index is 0.0423. The number of nitrogens with zero attached hydrogens (tertiary/aromatic N) is 1. The number of aromatic nitrogens is 1. The maximum atomic E-state index is 9.28. The van der Waals surface area contributed by atoms with E-state index in [4.69, 9.17) is 23.2 Å². The van der Waals surface area contributed by atoms with E-state index in [-0.39, 0.29) is 17.9 Å². The molecule has 0 aromatic carbocycles. The van der Waals surface area contributed by atoms with Gasteiger partial charge in [0.2, 0.25) is 0 Å². The molecule has 2 unspecified atom stereocenters. The molecular weight excluding hydrogens is 305 g/mol. The van der Waals surface area contributed by atoms with Crippen molar-refractivity contribution in [2.24, 2.45) is 0 Å². The summed E-state index contributed by atoms with van der Waals surface area (Å²) in [5.74, 6) is 1.18. The van der Waals surface area contributed by atoms with Crippen molar-refractivity contribution in [3.05, 3.63) is 16.1 Å². The third-order valence-electron chi connectivity index (χ3n) is 2.68. The summed E-state index contributed by atoms with van der Waals surface area (Å²) < 4.78 is 0. The number of nitrogens with one attached hydrogen (secondary N) is 2. The Bertz CT molecular complexity index is 416. The minimum absolute atomic E-state index is 0.0423. The molecule has 0 aliphatic heterocycles. The molecule has 7 heteroatoms. The molecule has 0 spiro atoms. The lowest BCUT2D eigenvalue weighted by molar-refractivity contribution is 0.288. The van der Waals surface area contributed by atoms with Crippen molar-refractivity contribution in [2.75, 3.05) is 30.0 Å². The van der Waals surface area contributed by atoms with E-state index >= 15 is 0 Å². The Morgan fingerprint density at radius 1 is 1.37 bits per heavy atom. The second-order valence-corrected chi connectivity index (χ2v) is 5.96. The third-order valence-corrected chi connectivity index (χ3v) is 4.42. The smallest absolute Gasteiger partial charge is 0.147 e. The van der Waals surface area contributed by atoms with Gasteiger partial charge in [0.1, 0.15) is 11.6 Å². The van der Waals surface area contributed by atoms with Gasteiger partial charge in [0.25, 0.3) is 0 Å². The summed E-state index contributed by atoms with van der Waals surface area (Å²) in [7, 11) is 0. The number of hydrogen-bond donors (Lipinski definition) is 3. The molecule has 108 valence electrons. The number of hydrogen-bond acceptors (Lipinski definition) is 5. The molecule has 1 heterocycles. The summed E-state index contributed by atoms with van der Waals surface area (Å²) in [6.07, 6.45) is 1.96. The zero-order chi connectivity index (χ0) is 14.4. The summed E-state index contributed by atoms with van der Waals surface area (Å²) in [4.78, 5) is 4.38. The Hall–Kier alpha value is -0.360. The van der Waals surface area contributed by atoms with E-state index in [2.05, 4.69) is 15.6 Å². The Morgan fingerprint density at radius 3 is 2.53 bits per heavy atom.